The second kappa shape index (κ2) is 10.4. The van der Waals surface area contributed by atoms with E-state index in [2.05, 4.69) is 20.4 Å². The maximum Gasteiger partial charge on any atom is 0.423 e. The lowest BCUT2D eigenvalue weighted by Gasteiger charge is -2.34. The van der Waals surface area contributed by atoms with E-state index in [0.29, 0.717) is 31.0 Å². The van der Waals surface area contributed by atoms with E-state index < -0.39 is 46.8 Å². The number of nitrogens with zero attached hydrogens (tertiary/aromatic N) is 6. The first-order valence-electron chi connectivity index (χ1n) is 12.0. The minimum atomic E-state index is -4.90. The number of piperazine rings is 1. The van der Waals surface area contributed by atoms with Crippen LogP contribution in [0, 0.1) is 0 Å². The first-order valence-corrected chi connectivity index (χ1v) is 12.0. The van der Waals surface area contributed by atoms with Gasteiger partial charge in [-0.3, -0.25) is 9.59 Å². The van der Waals surface area contributed by atoms with Crippen LogP contribution in [0.25, 0.3) is 0 Å². The van der Waals surface area contributed by atoms with Crippen molar-refractivity contribution in [2.24, 2.45) is 0 Å². The monoisotopic (exact) mass is 572 g/mol. The second-order valence-corrected chi connectivity index (χ2v) is 9.24. The van der Waals surface area contributed by atoms with Crippen molar-refractivity contribution < 1.29 is 35.9 Å². The maximum absolute atomic E-state index is 13.4. The molecule has 40 heavy (non-hydrogen) atoms. The number of alkyl halides is 6. The molecule has 214 valence electrons. The first-order chi connectivity index (χ1) is 18.9. The predicted molar refractivity (Wildman–Crippen MR) is 127 cm³/mol. The number of hydrogen-bond donors (Lipinski definition) is 2. The lowest BCUT2D eigenvalue weighted by atomic mass is 10.1. The van der Waals surface area contributed by atoms with Gasteiger partial charge in [0.15, 0.2) is 0 Å². The van der Waals surface area contributed by atoms with Crippen molar-refractivity contribution in [1.29, 1.82) is 0 Å². The Morgan fingerprint density at radius 3 is 2.35 bits per heavy atom. The van der Waals surface area contributed by atoms with Gasteiger partial charge in [0.05, 0.1) is 48.3 Å². The smallest absolute Gasteiger partial charge is 0.377 e. The first kappa shape index (κ1) is 27.4. The summed E-state index contributed by atoms with van der Waals surface area (Å²) in [7, 11) is 0. The van der Waals surface area contributed by atoms with Crippen LogP contribution in [0.2, 0.25) is 0 Å². The lowest BCUT2D eigenvalue weighted by molar-refractivity contribution is -0.139. The largest absolute Gasteiger partial charge is 0.423 e. The van der Waals surface area contributed by atoms with Crippen molar-refractivity contribution in [3.63, 3.8) is 0 Å². The predicted octanol–water partition coefficient (Wildman–Crippen LogP) is 2.41. The summed E-state index contributed by atoms with van der Waals surface area (Å²) in [6.07, 6.45) is -3.92. The van der Waals surface area contributed by atoms with Crippen molar-refractivity contribution in [2.75, 3.05) is 49.6 Å². The molecule has 1 amide bonds. The summed E-state index contributed by atoms with van der Waals surface area (Å²) in [5.41, 5.74) is -3.84. The van der Waals surface area contributed by atoms with Gasteiger partial charge in [0.2, 0.25) is 5.95 Å². The van der Waals surface area contributed by atoms with Gasteiger partial charge in [-0.05, 0) is 6.07 Å². The zero-order chi connectivity index (χ0) is 28.7. The van der Waals surface area contributed by atoms with Crippen LogP contribution in [-0.4, -0.2) is 81.0 Å². The number of amides is 1. The summed E-state index contributed by atoms with van der Waals surface area (Å²) >= 11 is 0. The molecule has 2 atom stereocenters. The van der Waals surface area contributed by atoms with Gasteiger partial charge in [-0.25, -0.2) is 15.1 Å². The van der Waals surface area contributed by atoms with E-state index >= 15 is 0 Å². The highest BCUT2D eigenvalue weighted by atomic mass is 19.4. The summed E-state index contributed by atoms with van der Waals surface area (Å²) in [5, 5.41) is 7.96. The molecule has 2 N–H and O–H groups in total. The zero-order valence-electron chi connectivity index (χ0n) is 20.5. The molecule has 3 aromatic heterocycles. The van der Waals surface area contributed by atoms with Crippen LogP contribution in [0.4, 0.5) is 38.0 Å². The Hall–Kier alpha value is -4.15. The fraction of sp³-hybridized carbons (Fsp3) is 0.435. The van der Waals surface area contributed by atoms with Crippen molar-refractivity contribution in [3.8, 4) is 0 Å². The number of anilines is 2. The molecule has 11 nitrogen and oxygen atoms in total. The van der Waals surface area contributed by atoms with Gasteiger partial charge < -0.3 is 24.4 Å². The number of hydrogen-bond acceptors (Lipinski definition) is 8. The molecule has 0 spiro atoms. The van der Waals surface area contributed by atoms with Crippen LogP contribution < -0.4 is 15.8 Å². The number of H-pyrrole nitrogens is 1. The molecule has 5 heterocycles. The van der Waals surface area contributed by atoms with Crippen molar-refractivity contribution >= 4 is 17.5 Å². The molecular weight excluding hydrogens is 550 g/mol. The van der Waals surface area contributed by atoms with E-state index in [1.54, 1.807) is 37.9 Å². The Kier molecular flexibility index (Phi) is 7.16. The van der Waals surface area contributed by atoms with Gasteiger partial charge in [-0.2, -0.15) is 31.4 Å². The van der Waals surface area contributed by atoms with Crippen LogP contribution in [0.5, 0.6) is 0 Å². The highest BCUT2D eigenvalue weighted by molar-refractivity contribution is 5.94. The normalized spacial score (nSPS) is 20.1. The number of aromatic amines is 1. The third-order valence-electron chi connectivity index (χ3n) is 6.69. The molecule has 3 aromatic rings. The van der Waals surface area contributed by atoms with Gasteiger partial charge >= 0.3 is 12.4 Å². The molecule has 5 rings (SSSR count). The highest BCUT2D eigenvalue weighted by Gasteiger charge is 2.39. The van der Waals surface area contributed by atoms with Crippen LogP contribution >= 0.6 is 0 Å². The van der Waals surface area contributed by atoms with Crippen LogP contribution in [0.1, 0.15) is 27.5 Å². The lowest BCUT2D eigenvalue weighted by Crippen LogP contribution is -2.49. The van der Waals surface area contributed by atoms with E-state index in [-0.39, 0.29) is 38.2 Å². The number of halogens is 6. The Morgan fingerprint density at radius 2 is 1.70 bits per heavy atom. The average molecular weight is 572 g/mol. The quantitative estimate of drug-likeness (QED) is 0.448. The molecule has 2 fully saturated rings. The highest BCUT2D eigenvalue weighted by Crippen LogP contribution is 2.33. The number of ether oxygens (including phenoxy) is 1. The van der Waals surface area contributed by atoms with E-state index in [4.69, 9.17) is 4.74 Å². The van der Waals surface area contributed by atoms with E-state index in [9.17, 15) is 35.9 Å². The topological polar surface area (TPSA) is 121 Å². The molecule has 0 aromatic carbocycles. The molecule has 2 saturated heterocycles. The van der Waals surface area contributed by atoms with Gasteiger partial charge in [0.25, 0.3) is 11.5 Å². The summed E-state index contributed by atoms with van der Waals surface area (Å²) in [6.45, 7) is 1.40. The number of carbonyl (C=O) groups is 1. The van der Waals surface area contributed by atoms with Gasteiger partial charge in [-0.1, -0.05) is 0 Å². The fourth-order valence-electron chi connectivity index (χ4n) is 4.63. The fourth-order valence-corrected chi connectivity index (χ4v) is 4.63. The zero-order valence-corrected chi connectivity index (χ0v) is 20.5. The third-order valence-corrected chi connectivity index (χ3v) is 6.69. The minimum Gasteiger partial charge on any atom is -0.377 e. The van der Waals surface area contributed by atoms with Crippen molar-refractivity contribution in [1.82, 2.24) is 29.6 Å². The Morgan fingerprint density at radius 1 is 1.00 bits per heavy atom. The Labute approximate surface area is 221 Å². The average Bonchev–Trinajstić information content (AvgIpc) is 3.57. The van der Waals surface area contributed by atoms with Crippen LogP contribution in [0.3, 0.4) is 0 Å². The molecule has 0 bridgehead atoms. The van der Waals surface area contributed by atoms with Crippen molar-refractivity contribution in [2.45, 2.75) is 24.4 Å². The molecular formula is C23H22F6N8O3. The number of aromatic nitrogens is 5. The van der Waals surface area contributed by atoms with Crippen LogP contribution in [-0.2, 0) is 17.1 Å². The molecule has 17 heteroatoms. The standard InChI is InChI=1S/C23H22F6N8O3/c24-22(25,26)14-7-30-21(31-8-14)36-5-3-35(4-6-36)20(39)13-1-2-37(10-13)17-12-40-11-16(17)33-15-9-32-34-19(38)18(15)23(27,28)29/h1-2,7-10,16-17H,3-6,11-12H2,(H2,33,34,38). The van der Waals surface area contributed by atoms with Crippen LogP contribution in [0.15, 0.2) is 41.8 Å². The summed E-state index contributed by atoms with van der Waals surface area (Å²) in [5.74, 6) is -0.149. The minimum absolute atomic E-state index is 0.0597. The molecule has 0 aliphatic carbocycles. The van der Waals surface area contributed by atoms with E-state index in [1.165, 1.54) is 0 Å². The van der Waals surface area contributed by atoms with Gasteiger partial charge in [-0.15, -0.1) is 0 Å². The SMILES string of the molecule is O=C(c1ccn(C2COCC2Nc2cn[nH]c(=O)c2C(F)(F)F)c1)N1CCN(c2ncc(C(F)(F)F)cn2)CC1. The van der Waals surface area contributed by atoms with Crippen molar-refractivity contribution in [3.05, 3.63) is 64.1 Å². The Balaban J connectivity index is 1.23. The van der Waals surface area contributed by atoms with E-state index in [1.807, 2.05) is 0 Å². The summed E-state index contributed by atoms with van der Waals surface area (Å²) in [6, 6.07) is 0.460. The second-order valence-electron chi connectivity index (χ2n) is 9.24. The summed E-state index contributed by atoms with van der Waals surface area (Å²) in [4.78, 5) is 35.7. The number of carbonyl (C=O) groups excluding carboxylic acids is 1. The third kappa shape index (κ3) is 5.59. The molecule has 0 radical (unpaired) electrons. The number of nitrogens with one attached hydrogen (secondary N) is 2. The molecule has 0 saturated carbocycles. The van der Waals surface area contributed by atoms with E-state index in [0.717, 1.165) is 6.20 Å². The maximum atomic E-state index is 13.4. The van der Waals surface area contributed by atoms with Gasteiger partial charge in [0.1, 0.15) is 5.56 Å². The molecule has 2 unspecified atom stereocenters. The number of rotatable bonds is 5. The summed E-state index contributed by atoms with van der Waals surface area (Å²) < 4.78 is 85.7. The molecule has 2 aliphatic rings. The molecule has 2 aliphatic heterocycles. The Bertz CT molecular complexity index is 1410. The van der Waals surface area contributed by atoms with Gasteiger partial charge in [0, 0.05) is 51.0 Å².